The highest BCUT2D eigenvalue weighted by atomic mass is 16.6. The predicted molar refractivity (Wildman–Crippen MR) is 234 cm³/mol. The molecule has 1 unspecified atom stereocenters. The molecular formula is C50H82O10. The fourth-order valence-corrected chi connectivity index (χ4v) is 11.6. The Morgan fingerprint density at radius 3 is 1.80 bits per heavy atom. The first-order valence-corrected chi connectivity index (χ1v) is 24.1. The van der Waals surface area contributed by atoms with Crippen molar-refractivity contribution in [1.82, 2.24) is 0 Å². The van der Waals surface area contributed by atoms with Crippen LogP contribution in [0.15, 0.2) is 23.3 Å². The van der Waals surface area contributed by atoms with Crippen molar-refractivity contribution in [3.63, 3.8) is 0 Å². The lowest BCUT2D eigenvalue weighted by Gasteiger charge is -2.53. The minimum atomic E-state index is -1.96. The zero-order valence-corrected chi connectivity index (χ0v) is 38.2. The number of ether oxygens (including phenoxy) is 2. The van der Waals surface area contributed by atoms with Gasteiger partial charge in [0.2, 0.25) is 0 Å². The van der Waals surface area contributed by atoms with Crippen LogP contribution in [0.4, 0.5) is 0 Å². The van der Waals surface area contributed by atoms with E-state index in [9.17, 15) is 34.5 Å². The largest absolute Gasteiger partial charge is 0.481 e. The number of hydrogen-bond donors (Lipinski definition) is 4. The van der Waals surface area contributed by atoms with Crippen LogP contribution in [0.3, 0.4) is 0 Å². The number of carboxylic acids is 1. The molecule has 0 aromatic heterocycles. The number of carbonyl (C=O) groups excluding carboxylic acids is 3. The van der Waals surface area contributed by atoms with Gasteiger partial charge in [-0.3, -0.25) is 19.2 Å². The molecule has 0 aromatic rings. The molecule has 2 fully saturated rings. The lowest BCUT2D eigenvalue weighted by Crippen LogP contribution is -2.66. The number of carbonyl (C=O) groups is 4. The van der Waals surface area contributed by atoms with Crippen LogP contribution in [0, 0.1) is 35.0 Å². The molecule has 342 valence electrons. The van der Waals surface area contributed by atoms with Gasteiger partial charge in [-0.1, -0.05) is 169 Å². The molecule has 2 saturated carbocycles. The van der Waals surface area contributed by atoms with Crippen molar-refractivity contribution in [3.8, 4) is 0 Å². The Hall–Kier alpha value is -2.56. The summed E-state index contributed by atoms with van der Waals surface area (Å²) in [6, 6.07) is 0. The maximum atomic E-state index is 13.8. The zero-order chi connectivity index (χ0) is 44.1. The summed E-state index contributed by atoms with van der Waals surface area (Å²) < 4.78 is 13.0. The molecule has 0 heterocycles. The van der Waals surface area contributed by atoms with Crippen LogP contribution < -0.4 is 0 Å². The Bertz CT molecular complexity index is 1500. The highest BCUT2D eigenvalue weighted by Crippen LogP contribution is 2.77. The summed E-state index contributed by atoms with van der Waals surface area (Å²) in [6.45, 7) is 11.2. The fraction of sp³-hybridized carbons (Fsp3) is 0.840. The second-order valence-electron chi connectivity index (χ2n) is 20.0. The highest BCUT2D eigenvalue weighted by molar-refractivity contribution is 6.04. The van der Waals surface area contributed by atoms with Crippen molar-refractivity contribution in [2.24, 2.45) is 35.0 Å². The number of rotatable bonds is 29. The van der Waals surface area contributed by atoms with Gasteiger partial charge in [-0.25, -0.2) is 0 Å². The summed E-state index contributed by atoms with van der Waals surface area (Å²) in [5.41, 5.74) is -4.87. The molecule has 0 radical (unpaired) electrons. The maximum absolute atomic E-state index is 13.8. The van der Waals surface area contributed by atoms with Gasteiger partial charge in [-0.2, -0.15) is 0 Å². The molecule has 4 aliphatic rings. The van der Waals surface area contributed by atoms with E-state index in [-0.39, 0.29) is 37.6 Å². The highest BCUT2D eigenvalue weighted by Gasteiger charge is 2.88. The van der Waals surface area contributed by atoms with E-state index in [4.69, 9.17) is 14.6 Å². The Balaban J connectivity index is 1.39. The van der Waals surface area contributed by atoms with Gasteiger partial charge in [0, 0.05) is 54.8 Å². The normalized spacial score (nSPS) is 30.6. The van der Waals surface area contributed by atoms with Crippen LogP contribution in [0.25, 0.3) is 0 Å². The third-order valence-electron chi connectivity index (χ3n) is 15.1. The van der Waals surface area contributed by atoms with Crippen LogP contribution in [-0.2, 0) is 28.7 Å². The van der Waals surface area contributed by atoms with Gasteiger partial charge in [0.05, 0.1) is 12.2 Å². The first kappa shape index (κ1) is 50.1. The average molecular weight is 843 g/mol. The number of aliphatic hydroxyl groups excluding tert-OH is 1. The molecular weight excluding hydrogens is 761 g/mol. The molecule has 4 aliphatic carbocycles. The molecule has 0 amide bonds. The summed E-state index contributed by atoms with van der Waals surface area (Å²) in [5.74, 6) is -4.79. The van der Waals surface area contributed by atoms with E-state index in [1.807, 2.05) is 20.8 Å². The van der Waals surface area contributed by atoms with E-state index in [0.717, 1.165) is 77.0 Å². The third kappa shape index (κ3) is 11.5. The Morgan fingerprint density at radius 2 is 1.28 bits per heavy atom. The lowest BCUT2D eigenvalue weighted by molar-refractivity contribution is -0.229. The summed E-state index contributed by atoms with van der Waals surface area (Å²) in [5, 5.41) is 44.6. The number of unbranched alkanes of at least 4 members (excludes halogenated alkanes) is 18. The Labute approximate surface area is 361 Å². The summed E-state index contributed by atoms with van der Waals surface area (Å²) >= 11 is 0. The van der Waals surface area contributed by atoms with E-state index >= 15 is 0 Å². The van der Waals surface area contributed by atoms with E-state index in [2.05, 4.69) is 6.92 Å². The Morgan fingerprint density at radius 1 is 0.783 bits per heavy atom. The summed E-state index contributed by atoms with van der Waals surface area (Å²) in [6.07, 6.45) is 25.9. The number of aliphatic carboxylic acids is 1. The second-order valence-corrected chi connectivity index (χ2v) is 20.0. The van der Waals surface area contributed by atoms with Crippen molar-refractivity contribution in [2.45, 2.75) is 225 Å². The molecule has 60 heavy (non-hydrogen) atoms. The third-order valence-corrected chi connectivity index (χ3v) is 15.1. The zero-order valence-electron chi connectivity index (χ0n) is 38.2. The fourth-order valence-electron chi connectivity index (χ4n) is 11.6. The van der Waals surface area contributed by atoms with Crippen molar-refractivity contribution < 1.29 is 49.1 Å². The molecule has 0 saturated heterocycles. The SMILES string of the molecule is CCCCCCCCCCCCCC(=O)O[C@@]12[C@H](OC(=O)CCCCCCCCCCCC(C)CC(=O)O)[C@@H](C)[C@@]3(O)[C@@H](C=C(CO)C[C@]4(O)C(=O)C(C)=C[C@@H]34)[C@@H]1C2(C)C. The first-order valence-electron chi connectivity index (χ1n) is 24.1. The van der Waals surface area contributed by atoms with Gasteiger partial charge in [-0.05, 0) is 36.8 Å². The first-order chi connectivity index (χ1) is 28.5. The molecule has 0 aliphatic heterocycles. The van der Waals surface area contributed by atoms with E-state index in [1.165, 1.54) is 44.9 Å². The number of aliphatic hydroxyl groups is 3. The number of carboxylic acid groups (broad SMARTS) is 1. The van der Waals surface area contributed by atoms with Gasteiger partial charge in [0.15, 0.2) is 11.4 Å². The summed E-state index contributed by atoms with van der Waals surface area (Å²) in [7, 11) is 0. The van der Waals surface area contributed by atoms with Gasteiger partial charge in [0.25, 0.3) is 0 Å². The molecule has 10 nitrogen and oxygen atoms in total. The number of ketones is 1. The van der Waals surface area contributed by atoms with Crippen molar-refractivity contribution >= 4 is 23.7 Å². The van der Waals surface area contributed by atoms with Gasteiger partial charge in [-0.15, -0.1) is 0 Å². The van der Waals surface area contributed by atoms with Crippen LogP contribution in [0.1, 0.15) is 202 Å². The smallest absolute Gasteiger partial charge is 0.306 e. The molecule has 0 spiro atoms. The van der Waals surface area contributed by atoms with Gasteiger partial charge in [0.1, 0.15) is 11.7 Å². The predicted octanol–water partition coefficient (Wildman–Crippen LogP) is 10.1. The van der Waals surface area contributed by atoms with Crippen molar-refractivity contribution in [1.29, 1.82) is 0 Å². The molecule has 0 aromatic carbocycles. The lowest BCUT2D eigenvalue weighted by atomic mass is 9.59. The summed E-state index contributed by atoms with van der Waals surface area (Å²) in [4.78, 5) is 52.0. The molecule has 10 heteroatoms. The number of fused-ring (bicyclic) bond motifs is 5. The minimum absolute atomic E-state index is 0.122. The Kier molecular flexibility index (Phi) is 18.9. The van der Waals surface area contributed by atoms with Crippen LogP contribution in [0.5, 0.6) is 0 Å². The number of hydrogen-bond acceptors (Lipinski definition) is 9. The van der Waals surface area contributed by atoms with Crippen molar-refractivity contribution in [2.75, 3.05) is 6.61 Å². The van der Waals surface area contributed by atoms with Gasteiger partial charge >= 0.3 is 17.9 Å². The number of Topliss-reactive ketones (excluding diaryl/α,β-unsaturated/α-hetero) is 1. The molecule has 0 bridgehead atoms. The molecule has 4 rings (SSSR count). The van der Waals surface area contributed by atoms with E-state index < -0.39 is 76.3 Å². The maximum Gasteiger partial charge on any atom is 0.306 e. The van der Waals surface area contributed by atoms with Crippen LogP contribution >= 0.6 is 0 Å². The standard InChI is InChI=1S/C50H82O10/c1-7-8-9-10-11-12-13-16-20-23-26-29-43(55)60-50-44(47(50,5)6)39-32-38(34-51)33-48(57)40(31-36(3)45(48)56)49(39,58)37(4)46(50)59-42(54)28-25-22-19-17-14-15-18-21-24-27-35(2)30-41(52)53/h31-32,35,37,39-40,44,46,51,57-58H,7-30,33-34H2,1-6H3,(H,52,53)/t35?,37-,39+,40-,44-,46-,48-,49-,50-/m1/s1. The number of esters is 2. The average Bonchev–Trinajstić information content (AvgIpc) is 3.62. The van der Waals surface area contributed by atoms with E-state index in [0.29, 0.717) is 24.0 Å². The molecule has 9 atom stereocenters. The van der Waals surface area contributed by atoms with E-state index in [1.54, 1.807) is 26.0 Å². The van der Waals surface area contributed by atoms with Crippen molar-refractivity contribution in [3.05, 3.63) is 23.3 Å². The molecule has 4 N–H and O–H groups in total. The second kappa shape index (κ2) is 22.7. The quantitative estimate of drug-likeness (QED) is 0.0323. The van der Waals surface area contributed by atoms with Crippen LogP contribution in [-0.4, -0.2) is 73.6 Å². The van der Waals surface area contributed by atoms with Gasteiger partial charge < -0.3 is 29.9 Å². The van der Waals surface area contributed by atoms with Crippen LogP contribution in [0.2, 0.25) is 0 Å². The monoisotopic (exact) mass is 843 g/mol. The minimum Gasteiger partial charge on any atom is -0.481 e. The topological polar surface area (TPSA) is 168 Å².